The van der Waals surface area contributed by atoms with E-state index < -0.39 is 6.04 Å². The van der Waals surface area contributed by atoms with E-state index in [1.807, 2.05) is 0 Å². The van der Waals surface area contributed by atoms with Gasteiger partial charge < -0.3 is 15.4 Å². The van der Waals surface area contributed by atoms with Crippen LogP contribution in [-0.2, 0) is 9.59 Å². The molecule has 3 rings (SSSR count). The summed E-state index contributed by atoms with van der Waals surface area (Å²) in [6.07, 6.45) is 0.0424. The van der Waals surface area contributed by atoms with E-state index in [9.17, 15) is 14.0 Å². The average Bonchev–Trinajstić information content (AvgIpc) is 3.15. The van der Waals surface area contributed by atoms with Gasteiger partial charge in [-0.2, -0.15) is 0 Å². The standard InChI is InChI=1S/C21H20FN3O3S/c1-13(26)23-18(14-6-8-17(28-2)9-7-14)11-20(27)25-21-24-19(12-29-21)15-4-3-5-16(22)10-15/h3-10,12,18H,11H2,1-2H3,(H,23,26)(H,24,25,27). The molecule has 3 aromatic rings. The first-order valence-electron chi connectivity index (χ1n) is 8.87. The Morgan fingerprint density at radius 2 is 1.97 bits per heavy atom. The van der Waals surface area contributed by atoms with Crippen LogP contribution >= 0.6 is 11.3 Å². The third-order valence-electron chi connectivity index (χ3n) is 4.16. The Bertz CT molecular complexity index is 1000. The quantitative estimate of drug-likeness (QED) is 0.609. The second kappa shape index (κ2) is 9.29. The number of thiazole rings is 1. The molecular formula is C21H20FN3O3S. The Balaban J connectivity index is 1.69. The molecule has 1 atom stereocenters. The van der Waals surface area contributed by atoms with Crippen molar-refractivity contribution in [3.63, 3.8) is 0 Å². The number of halogens is 1. The number of ether oxygens (including phenoxy) is 1. The van der Waals surface area contributed by atoms with Gasteiger partial charge in [-0.15, -0.1) is 11.3 Å². The van der Waals surface area contributed by atoms with Crippen LogP contribution in [0.5, 0.6) is 5.75 Å². The van der Waals surface area contributed by atoms with Gasteiger partial charge >= 0.3 is 0 Å². The first-order chi connectivity index (χ1) is 13.9. The van der Waals surface area contributed by atoms with Crippen molar-refractivity contribution in [1.29, 1.82) is 0 Å². The van der Waals surface area contributed by atoms with Crippen molar-refractivity contribution in [3.05, 3.63) is 65.3 Å². The third kappa shape index (κ3) is 5.61. The number of nitrogens with zero attached hydrogens (tertiary/aromatic N) is 1. The second-order valence-electron chi connectivity index (χ2n) is 6.33. The summed E-state index contributed by atoms with van der Waals surface area (Å²) in [7, 11) is 1.57. The van der Waals surface area contributed by atoms with Crippen LogP contribution in [0.2, 0.25) is 0 Å². The molecule has 0 saturated heterocycles. The van der Waals surface area contributed by atoms with Crippen LogP contribution in [0.3, 0.4) is 0 Å². The summed E-state index contributed by atoms with van der Waals surface area (Å²) < 4.78 is 18.5. The van der Waals surface area contributed by atoms with Gasteiger partial charge in [-0.1, -0.05) is 24.3 Å². The number of anilines is 1. The van der Waals surface area contributed by atoms with Crippen LogP contribution < -0.4 is 15.4 Å². The number of methoxy groups -OCH3 is 1. The van der Waals surface area contributed by atoms with Crippen LogP contribution in [0.1, 0.15) is 24.9 Å². The number of carbonyl (C=O) groups is 2. The molecule has 2 amide bonds. The Morgan fingerprint density at radius 1 is 1.21 bits per heavy atom. The van der Waals surface area contributed by atoms with E-state index in [0.717, 1.165) is 5.56 Å². The normalized spacial score (nSPS) is 11.6. The van der Waals surface area contributed by atoms with Crippen LogP contribution in [0.25, 0.3) is 11.3 Å². The first-order valence-corrected chi connectivity index (χ1v) is 9.75. The van der Waals surface area contributed by atoms with Crippen LogP contribution in [0.4, 0.5) is 9.52 Å². The molecule has 0 aliphatic carbocycles. The SMILES string of the molecule is COc1ccc(C(CC(=O)Nc2nc(-c3cccc(F)c3)cs2)NC(C)=O)cc1. The fourth-order valence-corrected chi connectivity index (χ4v) is 3.54. The summed E-state index contributed by atoms with van der Waals surface area (Å²) >= 11 is 1.25. The average molecular weight is 413 g/mol. The molecule has 1 unspecified atom stereocenters. The fourth-order valence-electron chi connectivity index (χ4n) is 2.80. The topological polar surface area (TPSA) is 80.3 Å². The fraction of sp³-hybridized carbons (Fsp3) is 0.190. The van der Waals surface area contributed by atoms with Gasteiger partial charge in [0.05, 0.1) is 25.3 Å². The van der Waals surface area contributed by atoms with Gasteiger partial charge in [0.15, 0.2) is 5.13 Å². The van der Waals surface area contributed by atoms with E-state index in [1.165, 1.54) is 30.4 Å². The molecule has 2 aromatic carbocycles. The highest BCUT2D eigenvalue weighted by Gasteiger charge is 2.18. The Kier molecular flexibility index (Phi) is 6.56. The van der Waals surface area contributed by atoms with Crippen molar-refractivity contribution < 1.29 is 18.7 Å². The molecule has 150 valence electrons. The van der Waals surface area contributed by atoms with E-state index in [2.05, 4.69) is 15.6 Å². The van der Waals surface area contributed by atoms with Crippen molar-refractivity contribution in [2.45, 2.75) is 19.4 Å². The number of nitrogens with one attached hydrogen (secondary N) is 2. The first kappa shape index (κ1) is 20.5. The molecule has 1 heterocycles. The molecule has 0 spiro atoms. The highest BCUT2D eigenvalue weighted by atomic mass is 32.1. The van der Waals surface area contributed by atoms with E-state index in [4.69, 9.17) is 4.74 Å². The van der Waals surface area contributed by atoms with Crippen molar-refractivity contribution in [1.82, 2.24) is 10.3 Å². The van der Waals surface area contributed by atoms with Gasteiger partial charge in [-0.3, -0.25) is 9.59 Å². The number of hydrogen-bond donors (Lipinski definition) is 2. The van der Waals surface area contributed by atoms with E-state index in [0.29, 0.717) is 22.1 Å². The number of hydrogen-bond acceptors (Lipinski definition) is 5. The molecule has 0 fully saturated rings. The van der Waals surface area contributed by atoms with Crippen molar-refractivity contribution in [2.75, 3.05) is 12.4 Å². The zero-order valence-electron chi connectivity index (χ0n) is 15.9. The molecular weight excluding hydrogens is 393 g/mol. The minimum absolute atomic E-state index is 0.0424. The Hall–Kier alpha value is -3.26. The molecule has 0 radical (unpaired) electrons. The molecule has 0 aliphatic rings. The van der Waals surface area contributed by atoms with Gasteiger partial charge in [-0.25, -0.2) is 9.37 Å². The summed E-state index contributed by atoms with van der Waals surface area (Å²) in [5, 5.41) is 7.69. The lowest BCUT2D eigenvalue weighted by Gasteiger charge is -2.18. The number of carbonyl (C=O) groups excluding carboxylic acids is 2. The lowest BCUT2D eigenvalue weighted by molar-refractivity contribution is -0.120. The summed E-state index contributed by atoms with van der Waals surface area (Å²) in [6, 6.07) is 12.8. The Labute approximate surface area is 171 Å². The van der Waals surface area contributed by atoms with Gasteiger partial charge in [0.25, 0.3) is 0 Å². The second-order valence-corrected chi connectivity index (χ2v) is 7.18. The molecule has 0 aliphatic heterocycles. The maximum absolute atomic E-state index is 13.4. The molecule has 6 nitrogen and oxygen atoms in total. The van der Waals surface area contributed by atoms with Crippen molar-refractivity contribution >= 4 is 28.3 Å². The lowest BCUT2D eigenvalue weighted by atomic mass is 10.0. The third-order valence-corrected chi connectivity index (χ3v) is 4.91. The molecule has 1 aromatic heterocycles. The smallest absolute Gasteiger partial charge is 0.228 e. The molecule has 2 N–H and O–H groups in total. The lowest BCUT2D eigenvalue weighted by Crippen LogP contribution is -2.29. The molecule has 0 bridgehead atoms. The molecule has 0 saturated carbocycles. The van der Waals surface area contributed by atoms with Gasteiger partial charge in [0.2, 0.25) is 11.8 Å². The monoisotopic (exact) mass is 413 g/mol. The Morgan fingerprint density at radius 3 is 2.62 bits per heavy atom. The number of amides is 2. The van der Waals surface area contributed by atoms with Gasteiger partial charge in [0, 0.05) is 17.9 Å². The predicted octanol–water partition coefficient (Wildman–Crippen LogP) is 4.16. The zero-order chi connectivity index (χ0) is 20.8. The van der Waals surface area contributed by atoms with Crippen LogP contribution in [0.15, 0.2) is 53.9 Å². The van der Waals surface area contributed by atoms with E-state index in [1.54, 1.807) is 48.9 Å². The minimum atomic E-state index is -0.485. The van der Waals surface area contributed by atoms with Crippen LogP contribution in [0, 0.1) is 5.82 Å². The predicted molar refractivity (Wildman–Crippen MR) is 110 cm³/mol. The summed E-state index contributed by atoms with van der Waals surface area (Å²) in [6.45, 7) is 1.40. The largest absolute Gasteiger partial charge is 0.497 e. The maximum Gasteiger partial charge on any atom is 0.228 e. The highest BCUT2D eigenvalue weighted by molar-refractivity contribution is 7.14. The minimum Gasteiger partial charge on any atom is -0.497 e. The van der Waals surface area contributed by atoms with Gasteiger partial charge in [-0.05, 0) is 29.8 Å². The summed E-state index contributed by atoms with van der Waals surface area (Å²) in [4.78, 5) is 28.4. The van der Waals surface area contributed by atoms with E-state index in [-0.39, 0.29) is 24.1 Å². The van der Waals surface area contributed by atoms with Crippen molar-refractivity contribution in [3.8, 4) is 17.0 Å². The molecule has 8 heteroatoms. The van der Waals surface area contributed by atoms with E-state index >= 15 is 0 Å². The maximum atomic E-state index is 13.4. The number of rotatable bonds is 7. The summed E-state index contributed by atoms with van der Waals surface area (Å²) in [5.41, 5.74) is 2.00. The number of benzene rings is 2. The van der Waals surface area contributed by atoms with Gasteiger partial charge in [0.1, 0.15) is 11.6 Å². The zero-order valence-corrected chi connectivity index (χ0v) is 16.8. The summed E-state index contributed by atoms with van der Waals surface area (Å²) in [5.74, 6) is -0.188. The molecule has 29 heavy (non-hydrogen) atoms. The van der Waals surface area contributed by atoms with Crippen LogP contribution in [-0.4, -0.2) is 23.9 Å². The van der Waals surface area contributed by atoms with Crippen molar-refractivity contribution in [2.24, 2.45) is 0 Å². The number of aromatic nitrogens is 1. The highest BCUT2D eigenvalue weighted by Crippen LogP contribution is 2.26.